The van der Waals surface area contributed by atoms with Gasteiger partial charge in [-0.05, 0) is 56.2 Å². The van der Waals surface area contributed by atoms with Gasteiger partial charge in [0.05, 0.1) is 4.90 Å². The number of benzene rings is 2. The van der Waals surface area contributed by atoms with E-state index in [0.717, 1.165) is 12.0 Å². The van der Waals surface area contributed by atoms with Gasteiger partial charge >= 0.3 is 0 Å². The zero-order chi connectivity index (χ0) is 20.3. The summed E-state index contributed by atoms with van der Waals surface area (Å²) in [5.74, 6) is -0.942. The third kappa shape index (κ3) is 4.23. The number of aryl methyl sites for hydroxylation is 1. The van der Waals surface area contributed by atoms with Crippen LogP contribution < -0.4 is 11.1 Å². The number of primary amides is 1. The Kier molecular flexibility index (Phi) is 5.81. The number of hydrogen-bond acceptors (Lipinski definition) is 4. The van der Waals surface area contributed by atoms with Gasteiger partial charge in [0.25, 0.3) is 0 Å². The van der Waals surface area contributed by atoms with E-state index in [1.54, 1.807) is 36.4 Å². The first kappa shape index (κ1) is 20.0. The Morgan fingerprint density at radius 2 is 1.68 bits per heavy atom. The first-order valence-electron chi connectivity index (χ1n) is 9.08. The number of sulfonamides is 1. The summed E-state index contributed by atoms with van der Waals surface area (Å²) < 4.78 is 27.4. The molecule has 2 aromatic rings. The summed E-state index contributed by atoms with van der Waals surface area (Å²) in [5, 5.41) is 2.74. The van der Waals surface area contributed by atoms with Crippen molar-refractivity contribution in [3.63, 3.8) is 0 Å². The van der Waals surface area contributed by atoms with Crippen molar-refractivity contribution in [3.8, 4) is 0 Å². The molecule has 0 spiro atoms. The van der Waals surface area contributed by atoms with Crippen LogP contribution in [0.3, 0.4) is 0 Å². The second-order valence-corrected chi connectivity index (χ2v) is 8.76. The van der Waals surface area contributed by atoms with Crippen LogP contribution in [0.25, 0.3) is 0 Å². The van der Waals surface area contributed by atoms with Crippen molar-refractivity contribution in [1.82, 2.24) is 4.31 Å². The summed E-state index contributed by atoms with van der Waals surface area (Å²) in [6.07, 6.45) is 1.94. The van der Waals surface area contributed by atoms with E-state index in [1.807, 2.05) is 6.92 Å². The molecule has 0 saturated carbocycles. The van der Waals surface area contributed by atoms with Crippen LogP contribution in [0.5, 0.6) is 0 Å². The van der Waals surface area contributed by atoms with E-state index >= 15 is 0 Å². The lowest BCUT2D eigenvalue weighted by atomic mass is 10.0. The van der Waals surface area contributed by atoms with Crippen molar-refractivity contribution in [2.45, 2.75) is 37.1 Å². The molecule has 0 bridgehead atoms. The van der Waals surface area contributed by atoms with E-state index in [0.29, 0.717) is 30.6 Å². The van der Waals surface area contributed by atoms with Crippen LogP contribution in [0.4, 0.5) is 5.69 Å². The summed E-state index contributed by atoms with van der Waals surface area (Å²) in [6, 6.07) is 12.0. The van der Waals surface area contributed by atoms with Crippen molar-refractivity contribution in [2.75, 3.05) is 11.9 Å². The van der Waals surface area contributed by atoms with Gasteiger partial charge < -0.3 is 11.1 Å². The van der Waals surface area contributed by atoms with Gasteiger partial charge in [-0.3, -0.25) is 9.59 Å². The number of hydrogen-bond donors (Lipinski definition) is 2. The van der Waals surface area contributed by atoms with Crippen LogP contribution in [0.2, 0.25) is 0 Å². The molecular weight excluding hydrogens is 378 g/mol. The molecule has 1 aliphatic heterocycles. The van der Waals surface area contributed by atoms with Crippen molar-refractivity contribution >= 4 is 27.5 Å². The number of amides is 2. The highest BCUT2D eigenvalue weighted by Gasteiger charge is 2.37. The number of nitrogens with zero attached hydrogens (tertiary/aromatic N) is 1. The highest BCUT2D eigenvalue weighted by atomic mass is 32.2. The molecule has 8 heteroatoms. The Balaban J connectivity index is 1.81. The van der Waals surface area contributed by atoms with Crippen molar-refractivity contribution in [2.24, 2.45) is 5.73 Å². The van der Waals surface area contributed by atoms with Gasteiger partial charge in [-0.25, -0.2) is 8.42 Å². The van der Waals surface area contributed by atoms with Crippen LogP contribution in [0, 0.1) is 6.92 Å². The minimum atomic E-state index is -3.77. The van der Waals surface area contributed by atoms with E-state index in [1.165, 1.54) is 16.4 Å². The second kappa shape index (κ2) is 8.12. The third-order valence-electron chi connectivity index (χ3n) is 4.82. The predicted octanol–water partition coefficient (Wildman–Crippen LogP) is 2.28. The molecule has 148 valence electrons. The number of piperidine rings is 1. The molecule has 1 saturated heterocycles. The highest BCUT2D eigenvalue weighted by molar-refractivity contribution is 7.89. The van der Waals surface area contributed by atoms with Crippen molar-refractivity contribution in [1.29, 1.82) is 0 Å². The van der Waals surface area contributed by atoms with Crippen LogP contribution in [0.15, 0.2) is 53.4 Å². The van der Waals surface area contributed by atoms with Gasteiger partial charge in [0.1, 0.15) is 6.04 Å². The van der Waals surface area contributed by atoms with Crippen LogP contribution in [-0.2, 0) is 14.8 Å². The third-order valence-corrected chi connectivity index (χ3v) is 6.74. The summed E-state index contributed by atoms with van der Waals surface area (Å²) in [5.41, 5.74) is 6.99. The second-order valence-electron chi connectivity index (χ2n) is 6.87. The van der Waals surface area contributed by atoms with Gasteiger partial charge in [-0.15, -0.1) is 0 Å². The largest absolute Gasteiger partial charge is 0.366 e. The Morgan fingerprint density at radius 1 is 1.04 bits per heavy atom. The smallest absolute Gasteiger partial charge is 0.248 e. The number of nitrogens with two attached hydrogens (primary N) is 1. The van der Waals surface area contributed by atoms with Crippen LogP contribution in [-0.4, -0.2) is 37.1 Å². The average Bonchev–Trinajstić information content (AvgIpc) is 2.68. The standard InChI is InChI=1S/C20H23N3O4S/c1-14-5-11-17(12-6-14)28(26,27)23-13-3-2-4-18(23)20(25)22-16-9-7-15(8-10-16)19(21)24/h5-12,18H,2-4,13H2,1H3,(H2,21,24)(H,22,25)/t18-/m1/s1. The fourth-order valence-corrected chi connectivity index (χ4v) is 4.90. The maximum absolute atomic E-state index is 13.1. The minimum Gasteiger partial charge on any atom is -0.366 e. The van der Waals surface area contributed by atoms with E-state index in [9.17, 15) is 18.0 Å². The number of nitrogens with one attached hydrogen (secondary N) is 1. The van der Waals surface area contributed by atoms with Gasteiger partial charge in [-0.1, -0.05) is 24.1 Å². The molecule has 2 aromatic carbocycles. The predicted molar refractivity (Wildman–Crippen MR) is 106 cm³/mol. The fourth-order valence-electron chi connectivity index (χ4n) is 3.24. The molecule has 1 fully saturated rings. The van der Waals surface area contributed by atoms with E-state index in [2.05, 4.69) is 5.32 Å². The molecule has 3 rings (SSSR count). The topological polar surface area (TPSA) is 110 Å². The molecule has 7 nitrogen and oxygen atoms in total. The van der Waals surface area contributed by atoms with Gasteiger partial charge in [0, 0.05) is 17.8 Å². The first-order chi connectivity index (χ1) is 13.3. The summed E-state index contributed by atoms with van der Waals surface area (Å²) in [6.45, 7) is 2.19. The first-order valence-corrected chi connectivity index (χ1v) is 10.5. The zero-order valence-electron chi connectivity index (χ0n) is 15.6. The number of carbonyl (C=O) groups excluding carboxylic acids is 2. The van der Waals surface area contributed by atoms with Crippen molar-refractivity contribution in [3.05, 3.63) is 59.7 Å². The van der Waals surface area contributed by atoms with Gasteiger partial charge in [-0.2, -0.15) is 4.31 Å². The quantitative estimate of drug-likeness (QED) is 0.801. The van der Waals surface area contributed by atoms with Crippen molar-refractivity contribution < 1.29 is 18.0 Å². The van der Waals surface area contributed by atoms with Crippen LogP contribution in [0.1, 0.15) is 35.2 Å². The van der Waals surface area contributed by atoms with Gasteiger partial charge in [0.15, 0.2) is 0 Å². The molecule has 0 unspecified atom stereocenters. The highest BCUT2D eigenvalue weighted by Crippen LogP contribution is 2.26. The lowest BCUT2D eigenvalue weighted by molar-refractivity contribution is -0.120. The maximum Gasteiger partial charge on any atom is 0.248 e. The fraction of sp³-hybridized carbons (Fsp3) is 0.300. The summed E-state index contributed by atoms with van der Waals surface area (Å²) in [4.78, 5) is 24.2. The minimum absolute atomic E-state index is 0.184. The number of rotatable bonds is 5. The lowest BCUT2D eigenvalue weighted by Crippen LogP contribution is -2.49. The Hall–Kier alpha value is -2.71. The van der Waals surface area contributed by atoms with E-state index in [-0.39, 0.29) is 10.8 Å². The lowest BCUT2D eigenvalue weighted by Gasteiger charge is -2.33. The molecule has 0 aromatic heterocycles. The Morgan fingerprint density at radius 3 is 2.29 bits per heavy atom. The molecule has 2 amide bonds. The van der Waals surface area contributed by atoms with E-state index < -0.39 is 22.0 Å². The van der Waals surface area contributed by atoms with Gasteiger partial charge in [0.2, 0.25) is 21.8 Å². The monoisotopic (exact) mass is 401 g/mol. The summed E-state index contributed by atoms with van der Waals surface area (Å²) in [7, 11) is -3.77. The number of anilines is 1. The molecule has 1 aliphatic rings. The molecule has 1 heterocycles. The van der Waals surface area contributed by atoms with E-state index in [4.69, 9.17) is 5.73 Å². The van der Waals surface area contributed by atoms with Crippen LogP contribution >= 0.6 is 0 Å². The Bertz CT molecular complexity index is 970. The molecular formula is C20H23N3O4S. The zero-order valence-corrected chi connectivity index (χ0v) is 16.4. The molecule has 0 aliphatic carbocycles. The number of carbonyl (C=O) groups is 2. The summed E-state index contributed by atoms with van der Waals surface area (Å²) >= 11 is 0. The average molecular weight is 401 g/mol. The normalized spacial score (nSPS) is 17.8. The molecule has 0 radical (unpaired) electrons. The SMILES string of the molecule is Cc1ccc(S(=O)(=O)N2CCCC[C@@H]2C(=O)Nc2ccc(C(N)=O)cc2)cc1. The Labute approximate surface area is 164 Å². The molecule has 3 N–H and O–H groups in total. The molecule has 1 atom stereocenters. The molecule has 28 heavy (non-hydrogen) atoms. The maximum atomic E-state index is 13.1.